The summed E-state index contributed by atoms with van der Waals surface area (Å²) in [5.41, 5.74) is 0.386. The number of piperidine rings is 1. The van der Waals surface area contributed by atoms with E-state index in [4.69, 9.17) is 0 Å². The van der Waals surface area contributed by atoms with E-state index in [-0.39, 0.29) is 17.7 Å². The van der Waals surface area contributed by atoms with Gasteiger partial charge < -0.3 is 5.32 Å². The molecule has 1 aliphatic carbocycles. The summed E-state index contributed by atoms with van der Waals surface area (Å²) in [6.07, 6.45) is -0.902. The molecule has 9 heteroatoms. The Labute approximate surface area is 163 Å². The maximum Gasteiger partial charge on any atom is 0.391 e. The SMILES string of the molecule is O=C(Nc1ccc(S(=O)(=O)N2CCCCC2)cc1)C1CCCC(C(F)(F)F)C1. The minimum Gasteiger partial charge on any atom is -0.326 e. The lowest BCUT2D eigenvalue weighted by Crippen LogP contribution is -2.35. The Bertz CT molecular complexity index is 788. The monoisotopic (exact) mass is 418 g/mol. The molecule has 3 rings (SSSR count). The van der Waals surface area contributed by atoms with E-state index in [2.05, 4.69) is 5.32 Å². The van der Waals surface area contributed by atoms with Gasteiger partial charge in [0.1, 0.15) is 0 Å². The van der Waals surface area contributed by atoms with Crippen molar-refractivity contribution in [2.45, 2.75) is 56.0 Å². The van der Waals surface area contributed by atoms with Gasteiger partial charge in [-0.05, 0) is 56.4 Å². The van der Waals surface area contributed by atoms with Gasteiger partial charge in [-0.1, -0.05) is 12.8 Å². The molecule has 0 spiro atoms. The van der Waals surface area contributed by atoms with Gasteiger partial charge in [0.15, 0.2) is 0 Å². The van der Waals surface area contributed by atoms with Gasteiger partial charge in [-0.3, -0.25) is 4.79 Å². The molecule has 1 aromatic rings. The Hall–Kier alpha value is -1.61. The normalized spacial score (nSPS) is 24.7. The van der Waals surface area contributed by atoms with Crippen molar-refractivity contribution in [3.63, 3.8) is 0 Å². The van der Waals surface area contributed by atoms with Gasteiger partial charge in [-0.25, -0.2) is 8.42 Å². The van der Waals surface area contributed by atoms with Crippen molar-refractivity contribution >= 4 is 21.6 Å². The molecule has 1 heterocycles. The Kier molecular flexibility index (Phi) is 6.34. The molecule has 1 saturated carbocycles. The number of nitrogens with one attached hydrogen (secondary N) is 1. The molecule has 2 fully saturated rings. The Morgan fingerprint density at radius 3 is 2.25 bits per heavy atom. The number of hydrogen-bond acceptors (Lipinski definition) is 3. The summed E-state index contributed by atoms with van der Waals surface area (Å²) in [6.45, 7) is 1.01. The summed E-state index contributed by atoms with van der Waals surface area (Å²) in [7, 11) is -3.56. The lowest BCUT2D eigenvalue weighted by Gasteiger charge is -2.29. The highest BCUT2D eigenvalue weighted by Crippen LogP contribution is 2.40. The zero-order valence-corrected chi connectivity index (χ0v) is 16.4. The quantitative estimate of drug-likeness (QED) is 0.798. The maximum atomic E-state index is 12.9. The van der Waals surface area contributed by atoms with E-state index in [9.17, 15) is 26.4 Å². The number of anilines is 1. The Morgan fingerprint density at radius 1 is 1.00 bits per heavy atom. The van der Waals surface area contributed by atoms with Gasteiger partial charge in [0.05, 0.1) is 10.8 Å². The third kappa shape index (κ3) is 4.86. The smallest absolute Gasteiger partial charge is 0.326 e. The lowest BCUT2D eigenvalue weighted by molar-refractivity contribution is -0.185. The zero-order valence-electron chi connectivity index (χ0n) is 15.5. The van der Waals surface area contributed by atoms with Crippen LogP contribution in [0.1, 0.15) is 44.9 Å². The van der Waals surface area contributed by atoms with Crippen LogP contribution in [0.3, 0.4) is 0 Å². The van der Waals surface area contributed by atoms with Gasteiger partial charge in [0, 0.05) is 24.7 Å². The topological polar surface area (TPSA) is 66.5 Å². The first-order chi connectivity index (χ1) is 13.2. The largest absolute Gasteiger partial charge is 0.391 e. The molecule has 0 radical (unpaired) electrons. The van der Waals surface area contributed by atoms with Crippen molar-refractivity contribution in [3.8, 4) is 0 Å². The van der Waals surface area contributed by atoms with E-state index in [0.29, 0.717) is 31.6 Å². The minimum absolute atomic E-state index is 0.0658. The van der Waals surface area contributed by atoms with E-state index in [0.717, 1.165) is 19.3 Å². The second kappa shape index (κ2) is 8.41. The first kappa shape index (κ1) is 21.1. The van der Waals surface area contributed by atoms with Crippen molar-refractivity contribution in [2.75, 3.05) is 18.4 Å². The molecule has 5 nitrogen and oxygen atoms in total. The molecule has 0 aromatic heterocycles. The molecule has 1 aromatic carbocycles. The number of rotatable bonds is 4. The minimum atomic E-state index is -4.27. The van der Waals surface area contributed by atoms with Crippen molar-refractivity contribution in [1.82, 2.24) is 4.31 Å². The molecule has 156 valence electrons. The summed E-state index contributed by atoms with van der Waals surface area (Å²) < 4.78 is 65.5. The van der Waals surface area contributed by atoms with Crippen LogP contribution in [0, 0.1) is 11.8 Å². The van der Waals surface area contributed by atoms with E-state index in [1.807, 2.05) is 0 Å². The van der Waals surface area contributed by atoms with Gasteiger partial charge in [-0.2, -0.15) is 17.5 Å². The third-order valence-corrected chi connectivity index (χ3v) is 7.50. The molecule has 1 amide bonds. The van der Waals surface area contributed by atoms with E-state index in [1.54, 1.807) is 0 Å². The first-order valence-corrected chi connectivity index (χ1v) is 11.1. The van der Waals surface area contributed by atoms with Crippen LogP contribution < -0.4 is 5.32 Å². The average molecular weight is 418 g/mol. The van der Waals surface area contributed by atoms with Crippen LogP contribution in [-0.4, -0.2) is 37.9 Å². The number of carbonyl (C=O) groups excluding carboxylic acids is 1. The molecule has 1 saturated heterocycles. The third-order valence-electron chi connectivity index (χ3n) is 5.58. The van der Waals surface area contributed by atoms with Crippen molar-refractivity contribution in [2.24, 2.45) is 11.8 Å². The Balaban J connectivity index is 1.63. The van der Waals surface area contributed by atoms with Crippen molar-refractivity contribution in [1.29, 1.82) is 0 Å². The van der Waals surface area contributed by atoms with E-state index in [1.165, 1.54) is 28.6 Å². The second-order valence-electron chi connectivity index (χ2n) is 7.58. The highest BCUT2D eigenvalue weighted by molar-refractivity contribution is 7.89. The lowest BCUT2D eigenvalue weighted by atomic mass is 9.80. The van der Waals surface area contributed by atoms with Crippen LogP contribution in [0.25, 0.3) is 0 Å². The predicted octanol–water partition coefficient (Wildman–Crippen LogP) is 4.17. The molecule has 2 unspecified atom stereocenters. The summed E-state index contributed by atoms with van der Waals surface area (Å²) >= 11 is 0. The van der Waals surface area contributed by atoms with Crippen LogP contribution in [0.2, 0.25) is 0 Å². The first-order valence-electron chi connectivity index (χ1n) is 9.66. The molecule has 1 aliphatic heterocycles. The maximum absolute atomic E-state index is 12.9. The highest BCUT2D eigenvalue weighted by atomic mass is 32.2. The van der Waals surface area contributed by atoms with Crippen LogP contribution in [0.4, 0.5) is 18.9 Å². The van der Waals surface area contributed by atoms with E-state index < -0.39 is 33.9 Å². The Morgan fingerprint density at radius 2 is 1.64 bits per heavy atom. The number of halogens is 3. The fourth-order valence-electron chi connectivity index (χ4n) is 3.93. The molecule has 2 aliphatic rings. The summed E-state index contributed by atoms with van der Waals surface area (Å²) in [5, 5.41) is 2.63. The molecule has 0 bridgehead atoms. The molecular formula is C19H25F3N2O3S. The van der Waals surface area contributed by atoms with Gasteiger partial charge in [0.2, 0.25) is 15.9 Å². The number of sulfonamides is 1. The van der Waals surface area contributed by atoms with Gasteiger partial charge in [0.25, 0.3) is 0 Å². The van der Waals surface area contributed by atoms with E-state index >= 15 is 0 Å². The predicted molar refractivity (Wildman–Crippen MR) is 99.2 cm³/mol. The molecule has 2 atom stereocenters. The van der Waals surface area contributed by atoms with Gasteiger partial charge in [-0.15, -0.1) is 0 Å². The summed E-state index contributed by atoms with van der Waals surface area (Å²) in [4.78, 5) is 12.5. The zero-order chi connectivity index (χ0) is 20.4. The van der Waals surface area contributed by atoms with Crippen molar-refractivity contribution in [3.05, 3.63) is 24.3 Å². The number of benzene rings is 1. The van der Waals surface area contributed by atoms with Gasteiger partial charge >= 0.3 is 6.18 Å². The summed E-state index contributed by atoms with van der Waals surface area (Å²) in [5.74, 6) is -2.56. The van der Waals surface area contributed by atoms with Crippen LogP contribution >= 0.6 is 0 Å². The number of carbonyl (C=O) groups is 1. The van der Waals surface area contributed by atoms with Crippen LogP contribution in [-0.2, 0) is 14.8 Å². The second-order valence-corrected chi connectivity index (χ2v) is 9.52. The molecular weight excluding hydrogens is 393 g/mol. The molecule has 28 heavy (non-hydrogen) atoms. The van der Waals surface area contributed by atoms with Crippen LogP contribution in [0.15, 0.2) is 29.2 Å². The number of alkyl halides is 3. The standard InChI is InChI=1S/C19H25F3N2O3S/c20-19(21,22)15-6-4-5-14(13-15)18(25)23-16-7-9-17(10-8-16)28(26,27)24-11-2-1-3-12-24/h7-10,14-15H,1-6,11-13H2,(H,23,25). The number of hydrogen-bond donors (Lipinski definition) is 1. The number of nitrogens with zero attached hydrogens (tertiary/aromatic N) is 1. The number of amides is 1. The fourth-order valence-corrected chi connectivity index (χ4v) is 5.45. The summed E-state index contributed by atoms with van der Waals surface area (Å²) in [6, 6.07) is 5.83. The average Bonchev–Trinajstić information content (AvgIpc) is 2.68. The van der Waals surface area contributed by atoms with Crippen LogP contribution in [0.5, 0.6) is 0 Å². The fraction of sp³-hybridized carbons (Fsp3) is 0.632. The van der Waals surface area contributed by atoms with Crippen molar-refractivity contribution < 1.29 is 26.4 Å². The highest BCUT2D eigenvalue weighted by Gasteiger charge is 2.43. The molecule has 1 N–H and O–H groups in total.